The molecule has 0 saturated carbocycles. The Hall–Kier alpha value is -2.48. The number of hydrogen-bond donors (Lipinski definition) is 2. The number of rotatable bonds is 6. The lowest BCUT2D eigenvalue weighted by Gasteiger charge is -2.15. The number of carbonyl (C=O) groups excluding carboxylic acids is 1. The standard InChI is InChI=1S/C20H16Cl2N2O4S/c1-2-15(19(26)27)28-16-6-4-3-5-11(16)9-17-18(25)24-20(29-17)23-14-8-7-12(21)10-13(14)22/h3-10,15H,2H2,1H3,(H,26,27)(H,23,24,25)/b17-9+. The number of para-hydroxylation sites is 1. The van der Waals surface area contributed by atoms with E-state index in [4.69, 9.17) is 27.9 Å². The number of thioether (sulfide) groups is 1. The van der Waals surface area contributed by atoms with Gasteiger partial charge in [-0.1, -0.05) is 48.3 Å². The maximum Gasteiger partial charge on any atom is 0.344 e. The minimum Gasteiger partial charge on any atom is -0.479 e. The molecule has 1 amide bonds. The number of nitrogens with zero attached hydrogens (tertiary/aromatic N) is 1. The van der Waals surface area contributed by atoms with Crippen LogP contribution in [0.4, 0.5) is 5.69 Å². The Balaban J connectivity index is 1.85. The van der Waals surface area contributed by atoms with Crippen LogP contribution in [0.2, 0.25) is 10.0 Å². The van der Waals surface area contributed by atoms with E-state index in [1.807, 2.05) is 0 Å². The average Bonchev–Trinajstić information content (AvgIpc) is 3.02. The van der Waals surface area contributed by atoms with Crippen LogP contribution in [-0.2, 0) is 9.59 Å². The van der Waals surface area contributed by atoms with Crippen LogP contribution in [-0.4, -0.2) is 28.3 Å². The lowest BCUT2D eigenvalue weighted by molar-refractivity contribution is -0.145. The Bertz CT molecular complexity index is 1020. The number of aliphatic carboxylic acids is 1. The van der Waals surface area contributed by atoms with Crippen LogP contribution < -0.4 is 10.1 Å². The fraction of sp³-hybridized carbons (Fsp3) is 0.150. The van der Waals surface area contributed by atoms with E-state index < -0.39 is 12.1 Å². The molecule has 29 heavy (non-hydrogen) atoms. The lowest BCUT2D eigenvalue weighted by Crippen LogP contribution is -2.26. The first-order chi connectivity index (χ1) is 13.9. The van der Waals surface area contributed by atoms with Crippen LogP contribution in [0.5, 0.6) is 5.75 Å². The molecule has 1 saturated heterocycles. The number of carbonyl (C=O) groups is 2. The smallest absolute Gasteiger partial charge is 0.344 e. The second-order valence-electron chi connectivity index (χ2n) is 5.97. The van der Waals surface area contributed by atoms with E-state index in [9.17, 15) is 14.7 Å². The van der Waals surface area contributed by atoms with Gasteiger partial charge in [-0.05, 0) is 48.5 Å². The highest BCUT2D eigenvalue weighted by Gasteiger charge is 2.25. The van der Waals surface area contributed by atoms with Gasteiger partial charge in [-0.3, -0.25) is 4.79 Å². The molecule has 0 bridgehead atoms. The van der Waals surface area contributed by atoms with Gasteiger partial charge in [-0.25, -0.2) is 9.79 Å². The van der Waals surface area contributed by atoms with Crippen molar-refractivity contribution in [1.82, 2.24) is 5.32 Å². The highest BCUT2D eigenvalue weighted by atomic mass is 35.5. The fourth-order valence-electron chi connectivity index (χ4n) is 2.47. The number of amidine groups is 1. The summed E-state index contributed by atoms with van der Waals surface area (Å²) in [5.41, 5.74) is 1.08. The van der Waals surface area contributed by atoms with E-state index in [1.165, 1.54) is 0 Å². The summed E-state index contributed by atoms with van der Waals surface area (Å²) in [4.78, 5) is 28.4. The molecule has 1 heterocycles. The minimum absolute atomic E-state index is 0.314. The van der Waals surface area contributed by atoms with E-state index in [0.29, 0.717) is 43.5 Å². The number of nitrogens with one attached hydrogen (secondary N) is 1. The summed E-state index contributed by atoms with van der Waals surface area (Å²) < 4.78 is 5.61. The number of benzene rings is 2. The second-order valence-corrected chi connectivity index (χ2v) is 7.84. The maximum atomic E-state index is 12.3. The molecule has 6 nitrogen and oxygen atoms in total. The van der Waals surface area contributed by atoms with E-state index >= 15 is 0 Å². The Morgan fingerprint density at radius 3 is 2.76 bits per heavy atom. The predicted octanol–water partition coefficient (Wildman–Crippen LogP) is 5.13. The van der Waals surface area contributed by atoms with Gasteiger partial charge >= 0.3 is 5.97 Å². The van der Waals surface area contributed by atoms with Crippen LogP contribution in [0.25, 0.3) is 6.08 Å². The number of aliphatic imine (C=N–C) groups is 1. The summed E-state index contributed by atoms with van der Waals surface area (Å²) in [6.07, 6.45) is 0.980. The number of hydrogen-bond acceptors (Lipinski definition) is 5. The monoisotopic (exact) mass is 450 g/mol. The molecule has 1 aliphatic heterocycles. The normalized spacial score (nSPS) is 17.4. The molecule has 0 aromatic heterocycles. The molecule has 0 radical (unpaired) electrons. The molecule has 3 rings (SSSR count). The Morgan fingerprint density at radius 2 is 2.07 bits per heavy atom. The van der Waals surface area contributed by atoms with Crippen molar-refractivity contribution in [2.45, 2.75) is 19.4 Å². The van der Waals surface area contributed by atoms with Gasteiger partial charge in [0.25, 0.3) is 5.91 Å². The zero-order chi connectivity index (χ0) is 21.0. The largest absolute Gasteiger partial charge is 0.479 e. The zero-order valence-electron chi connectivity index (χ0n) is 15.2. The number of ether oxygens (including phenoxy) is 1. The molecule has 0 spiro atoms. The van der Waals surface area contributed by atoms with Crippen molar-refractivity contribution < 1.29 is 19.4 Å². The van der Waals surface area contributed by atoms with Crippen molar-refractivity contribution in [3.63, 3.8) is 0 Å². The first kappa shape index (κ1) is 21.2. The zero-order valence-corrected chi connectivity index (χ0v) is 17.5. The van der Waals surface area contributed by atoms with Gasteiger partial charge in [-0.2, -0.15) is 0 Å². The van der Waals surface area contributed by atoms with Crippen molar-refractivity contribution in [1.29, 1.82) is 0 Å². The van der Waals surface area contributed by atoms with E-state index in [1.54, 1.807) is 55.5 Å². The number of carboxylic acids is 1. The number of carboxylic acid groups (broad SMARTS) is 1. The highest BCUT2D eigenvalue weighted by Crippen LogP contribution is 2.33. The van der Waals surface area contributed by atoms with Gasteiger partial charge in [0, 0.05) is 10.6 Å². The van der Waals surface area contributed by atoms with Crippen molar-refractivity contribution in [3.8, 4) is 5.75 Å². The first-order valence-electron chi connectivity index (χ1n) is 8.60. The molecule has 2 N–H and O–H groups in total. The predicted molar refractivity (Wildman–Crippen MR) is 116 cm³/mol. The molecule has 2 aromatic carbocycles. The summed E-state index contributed by atoms with van der Waals surface area (Å²) in [6, 6.07) is 11.8. The third kappa shape index (κ3) is 5.32. The molecule has 1 fully saturated rings. The van der Waals surface area contributed by atoms with Crippen LogP contribution in [0, 0.1) is 0 Å². The molecule has 2 aromatic rings. The van der Waals surface area contributed by atoms with Gasteiger partial charge in [-0.15, -0.1) is 0 Å². The molecular formula is C20H16Cl2N2O4S. The van der Waals surface area contributed by atoms with Crippen molar-refractivity contribution in [2.75, 3.05) is 0 Å². The summed E-state index contributed by atoms with van der Waals surface area (Å²) in [5.74, 6) is -0.982. The molecule has 1 atom stereocenters. The Kier molecular flexibility index (Phi) is 6.84. The van der Waals surface area contributed by atoms with E-state index in [0.717, 1.165) is 11.8 Å². The minimum atomic E-state index is -1.04. The molecule has 0 aliphatic carbocycles. The van der Waals surface area contributed by atoms with E-state index in [-0.39, 0.29) is 5.91 Å². The molecule has 1 aliphatic rings. The second kappa shape index (κ2) is 9.35. The Labute approximate surface area is 181 Å². The molecule has 150 valence electrons. The molecular weight excluding hydrogens is 435 g/mol. The van der Waals surface area contributed by atoms with Gasteiger partial charge in [0.1, 0.15) is 5.75 Å². The van der Waals surface area contributed by atoms with Crippen LogP contribution in [0.15, 0.2) is 52.4 Å². The fourth-order valence-corrected chi connectivity index (χ4v) is 3.75. The highest BCUT2D eigenvalue weighted by molar-refractivity contribution is 8.18. The summed E-state index contributed by atoms with van der Waals surface area (Å²) in [6.45, 7) is 1.73. The van der Waals surface area contributed by atoms with Gasteiger partial charge in [0.15, 0.2) is 11.3 Å². The van der Waals surface area contributed by atoms with Crippen molar-refractivity contribution in [2.24, 2.45) is 4.99 Å². The average molecular weight is 451 g/mol. The van der Waals surface area contributed by atoms with Gasteiger partial charge < -0.3 is 15.2 Å². The van der Waals surface area contributed by atoms with Crippen molar-refractivity contribution >= 4 is 63.8 Å². The first-order valence-corrected chi connectivity index (χ1v) is 10.2. The van der Waals surface area contributed by atoms with Crippen LogP contribution >= 0.6 is 35.0 Å². The Morgan fingerprint density at radius 1 is 1.31 bits per heavy atom. The quantitative estimate of drug-likeness (QED) is 0.595. The topological polar surface area (TPSA) is 88.0 Å². The third-order valence-electron chi connectivity index (χ3n) is 3.90. The molecule has 1 unspecified atom stereocenters. The maximum absolute atomic E-state index is 12.3. The SMILES string of the molecule is CCC(Oc1ccccc1/C=C1/SC(=Nc2ccc(Cl)cc2Cl)NC1=O)C(=O)O. The summed E-state index contributed by atoms with van der Waals surface area (Å²) in [7, 11) is 0. The summed E-state index contributed by atoms with van der Waals surface area (Å²) in [5, 5.41) is 13.1. The van der Waals surface area contributed by atoms with Crippen molar-refractivity contribution in [3.05, 3.63) is 63.0 Å². The van der Waals surface area contributed by atoms with Crippen LogP contribution in [0.3, 0.4) is 0 Å². The van der Waals surface area contributed by atoms with E-state index in [2.05, 4.69) is 10.3 Å². The van der Waals surface area contributed by atoms with Crippen LogP contribution in [0.1, 0.15) is 18.9 Å². The lowest BCUT2D eigenvalue weighted by atomic mass is 10.1. The number of amides is 1. The summed E-state index contributed by atoms with van der Waals surface area (Å²) >= 11 is 13.2. The molecule has 9 heteroatoms. The third-order valence-corrected chi connectivity index (χ3v) is 5.35. The van der Waals surface area contributed by atoms with Gasteiger partial charge in [0.2, 0.25) is 0 Å². The number of halogens is 2. The van der Waals surface area contributed by atoms with Gasteiger partial charge in [0.05, 0.1) is 15.6 Å².